The molecule has 9 nitrogen and oxygen atoms in total. The molecule has 0 saturated carbocycles. The van der Waals surface area contributed by atoms with Gasteiger partial charge in [0, 0.05) is 29.6 Å². The van der Waals surface area contributed by atoms with Gasteiger partial charge in [0.2, 0.25) is 0 Å². The number of nitrogens with zero attached hydrogens (tertiary/aromatic N) is 7. The normalized spacial score (nSPS) is 14.6. The van der Waals surface area contributed by atoms with Gasteiger partial charge < -0.3 is 4.74 Å². The molecule has 1 aliphatic rings. The molecule has 1 fully saturated rings. The van der Waals surface area contributed by atoms with E-state index in [1.165, 1.54) is 21.8 Å². The van der Waals surface area contributed by atoms with Crippen molar-refractivity contribution in [2.75, 3.05) is 13.2 Å². The predicted octanol–water partition coefficient (Wildman–Crippen LogP) is 2.72. The van der Waals surface area contributed by atoms with Crippen LogP contribution in [0, 0.1) is 11.6 Å². The van der Waals surface area contributed by atoms with Gasteiger partial charge in [0.05, 0.1) is 17.8 Å². The van der Waals surface area contributed by atoms with Crippen molar-refractivity contribution in [2.45, 2.75) is 13.3 Å². The molecule has 3 aromatic heterocycles. The van der Waals surface area contributed by atoms with Crippen LogP contribution in [0.25, 0.3) is 16.6 Å². The lowest BCUT2D eigenvalue weighted by molar-refractivity contribution is 0.159. The van der Waals surface area contributed by atoms with Crippen molar-refractivity contribution in [3.8, 4) is 0 Å². The molecule has 4 aromatic rings. The highest BCUT2D eigenvalue weighted by Crippen LogP contribution is 2.24. The van der Waals surface area contributed by atoms with Crippen LogP contribution in [0.3, 0.4) is 0 Å². The van der Waals surface area contributed by atoms with Crippen molar-refractivity contribution in [1.29, 1.82) is 0 Å². The summed E-state index contributed by atoms with van der Waals surface area (Å²) in [4.78, 5) is 15.6. The maximum Gasteiger partial charge on any atom is 0.430 e. The summed E-state index contributed by atoms with van der Waals surface area (Å²) >= 11 is 0. The fourth-order valence-corrected chi connectivity index (χ4v) is 3.36. The van der Waals surface area contributed by atoms with Crippen LogP contribution >= 0.6 is 0 Å². The molecule has 1 aliphatic heterocycles. The van der Waals surface area contributed by atoms with Crippen molar-refractivity contribution in [1.82, 2.24) is 29.8 Å². The molecule has 0 bridgehead atoms. The molecule has 156 valence electrons. The minimum atomic E-state index is -0.720. The Labute approximate surface area is 174 Å². The third-order valence-electron chi connectivity index (χ3n) is 4.93. The van der Waals surface area contributed by atoms with Crippen molar-refractivity contribution in [2.24, 2.45) is 5.10 Å². The zero-order valence-corrected chi connectivity index (χ0v) is 16.3. The van der Waals surface area contributed by atoms with E-state index in [4.69, 9.17) is 4.74 Å². The molecule has 4 heterocycles. The van der Waals surface area contributed by atoms with Crippen LogP contribution in [0.4, 0.5) is 13.6 Å². The lowest BCUT2D eigenvalue weighted by atomic mass is 10.1. The molecule has 0 spiro atoms. The number of benzene rings is 1. The first-order valence-corrected chi connectivity index (χ1v) is 9.44. The largest absolute Gasteiger partial charge is 0.446 e. The SMILES string of the molecule is C/C(=N/N1CCOC1=O)c1ccc2nnc(Cc3c(F)cc4ncccc4c3F)n2n1. The molecule has 11 heteroatoms. The van der Waals surface area contributed by atoms with Gasteiger partial charge in [-0.15, -0.1) is 10.2 Å². The Hall–Kier alpha value is -4.02. The average molecular weight is 423 g/mol. The number of halogens is 2. The van der Waals surface area contributed by atoms with Crippen molar-refractivity contribution < 1.29 is 18.3 Å². The van der Waals surface area contributed by atoms with Crippen LogP contribution in [0.2, 0.25) is 0 Å². The highest BCUT2D eigenvalue weighted by molar-refractivity contribution is 5.97. The number of fused-ring (bicyclic) bond motifs is 2. The number of ether oxygens (including phenoxy) is 1. The summed E-state index contributed by atoms with van der Waals surface area (Å²) in [6, 6.07) is 7.67. The number of pyridine rings is 1. The van der Waals surface area contributed by atoms with Crippen LogP contribution in [-0.2, 0) is 11.2 Å². The summed E-state index contributed by atoms with van der Waals surface area (Å²) in [7, 11) is 0. The number of hydrogen-bond donors (Lipinski definition) is 0. The number of hydrogen-bond acceptors (Lipinski definition) is 7. The number of cyclic esters (lactones) is 1. The molecular weight excluding hydrogens is 408 g/mol. The third kappa shape index (κ3) is 3.33. The first-order chi connectivity index (χ1) is 15.0. The average Bonchev–Trinajstić information content (AvgIpc) is 3.36. The van der Waals surface area contributed by atoms with E-state index < -0.39 is 17.7 Å². The van der Waals surface area contributed by atoms with Gasteiger partial charge in [0.15, 0.2) is 11.5 Å². The zero-order chi connectivity index (χ0) is 21.5. The quantitative estimate of drug-likeness (QED) is 0.468. The summed E-state index contributed by atoms with van der Waals surface area (Å²) in [6.07, 6.45) is 0.793. The second-order valence-corrected chi connectivity index (χ2v) is 6.93. The molecule has 0 atom stereocenters. The Bertz CT molecular complexity index is 1370. The minimum absolute atomic E-state index is 0.146. The van der Waals surface area contributed by atoms with E-state index in [2.05, 4.69) is 25.4 Å². The fourth-order valence-electron chi connectivity index (χ4n) is 3.36. The van der Waals surface area contributed by atoms with Gasteiger partial charge >= 0.3 is 6.09 Å². The molecule has 0 N–H and O–H groups in total. The van der Waals surface area contributed by atoms with Gasteiger partial charge in [-0.2, -0.15) is 19.7 Å². The summed E-state index contributed by atoms with van der Waals surface area (Å²) < 4.78 is 35.8. The Morgan fingerprint density at radius 1 is 1.26 bits per heavy atom. The predicted molar refractivity (Wildman–Crippen MR) is 106 cm³/mol. The van der Waals surface area contributed by atoms with Gasteiger partial charge in [-0.3, -0.25) is 4.98 Å². The molecule has 1 amide bonds. The Morgan fingerprint density at radius 3 is 2.94 bits per heavy atom. The topological polar surface area (TPSA) is 97.9 Å². The van der Waals surface area contributed by atoms with E-state index in [1.807, 2.05) is 0 Å². The number of rotatable bonds is 4. The Balaban J connectivity index is 1.53. The summed E-state index contributed by atoms with van der Waals surface area (Å²) in [6.45, 7) is 2.32. The molecule has 0 unspecified atom stereocenters. The van der Waals surface area contributed by atoms with Gasteiger partial charge in [-0.1, -0.05) is 0 Å². The number of hydrazone groups is 1. The zero-order valence-electron chi connectivity index (χ0n) is 16.3. The first-order valence-electron chi connectivity index (χ1n) is 9.44. The maximum absolute atomic E-state index is 15.0. The molecule has 1 saturated heterocycles. The Kier molecular flexibility index (Phi) is 4.50. The van der Waals surface area contributed by atoms with Crippen LogP contribution in [-0.4, -0.2) is 54.8 Å². The number of carbonyl (C=O) groups excluding carboxylic acids is 1. The van der Waals surface area contributed by atoms with Gasteiger partial charge in [-0.25, -0.2) is 13.6 Å². The lowest BCUT2D eigenvalue weighted by Crippen LogP contribution is -2.20. The summed E-state index contributed by atoms with van der Waals surface area (Å²) in [5.41, 5.74) is 1.43. The maximum atomic E-state index is 15.0. The first kappa shape index (κ1) is 19.0. The second kappa shape index (κ2) is 7.35. The molecular formula is C20H15F2N7O2. The third-order valence-corrected chi connectivity index (χ3v) is 4.93. The minimum Gasteiger partial charge on any atom is -0.446 e. The van der Waals surface area contributed by atoms with Crippen LogP contribution in [0.5, 0.6) is 0 Å². The van der Waals surface area contributed by atoms with E-state index >= 15 is 0 Å². The van der Waals surface area contributed by atoms with Gasteiger partial charge in [0.25, 0.3) is 0 Å². The van der Waals surface area contributed by atoms with E-state index in [9.17, 15) is 13.6 Å². The van der Waals surface area contributed by atoms with E-state index in [0.717, 1.165) is 0 Å². The van der Waals surface area contributed by atoms with Crippen LogP contribution < -0.4 is 0 Å². The standard InChI is InChI=1S/C20H15F2N7O2/c1-11(26-28-7-8-31-20(28)30)15-4-5-17-24-25-18(29(17)27-15)9-13-14(21)10-16-12(19(13)22)3-2-6-23-16/h2-6,10H,7-9H2,1H3/b26-11-. The highest BCUT2D eigenvalue weighted by Gasteiger charge is 2.22. The molecule has 1 aromatic carbocycles. The molecule has 0 aliphatic carbocycles. The second-order valence-electron chi connectivity index (χ2n) is 6.93. The summed E-state index contributed by atoms with van der Waals surface area (Å²) in [5.74, 6) is -1.16. The van der Waals surface area contributed by atoms with Crippen molar-refractivity contribution in [3.05, 3.63) is 65.2 Å². The summed E-state index contributed by atoms with van der Waals surface area (Å²) in [5, 5.41) is 18.2. The van der Waals surface area contributed by atoms with Crippen LogP contribution in [0.1, 0.15) is 24.0 Å². The fraction of sp³-hybridized carbons (Fsp3) is 0.200. The van der Waals surface area contributed by atoms with Crippen molar-refractivity contribution in [3.63, 3.8) is 0 Å². The molecule has 31 heavy (non-hydrogen) atoms. The van der Waals surface area contributed by atoms with E-state index in [0.29, 0.717) is 23.6 Å². The Morgan fingerprint density at radius 2 is 2.13 bits per heavy atom. The van der Waals surface area contributed by atoms with Crippen molar-refractivity contribution >= 4 is 28.4 Å². The number of aromatic nitrogens is 5. The van der Waals surface area contributed by atoms with Gasteiger partial charge in [0.1, 0.15) is 23.9 Å². The smallest absolute Gasteiger partial charge is 0.430 e. The van der Waals surface area contributed by atoms with Gasteiger partial charge in [-0.05, 0) is 31.2 Å². The highest BCUT2D eigenvalue weighted by atomic mass is 19.1. The number of amides is 1. The van der Waals surface area contributed by atoms with Crippen LogP contribution in [0.15, 0.2) is 41.6 Å². The lowest BCUT2D eigenvalue weighted by Gasteiger charge is -2.09. The molecule has 5 rings (SSSR count). The monoisotopic (exact) mass is 423 g/mol. The van der Waals surface area contributed by atoms with E-state index in [1.54, 1.807) is 31.2 Å². The molecule has 0 radical (unpaired) electrons. The van der Waals surface area contributed by atoms with E-state index in [-0.39, 0.29) is 35.3 Å². The number of carbonyl (C=O) groups is 1.